The maximum Gasteiger partial charge on any atom is 0.251 e. The van der Waals surface area contributed by atoms with Crippen LogP contribution >= 0.6 is 0 Å². The first-order valence-corrected chi connectivity index (χ1v) is 6.17. The van der Waals surface area contributed by atoms with Gasteiger partial charge in [0.25, 0.3) is 5.91 Å². The lowest BCUT2D eigenvalue weighted by atomic mass is 9.90. The summed E-state index contributed by atoms with van der Waals surface area (Å²) >= 11 is 0. The first kappa shape index (κ1) is 14.7. The number of rotatable bonds is 4. The molecule has 1 aromatic carbocycles. The van der Waals surface area contributed by atoms with Gasteiger partial charge in [0, 0.05) is 7.05 Å². The summed E-state index contributed by atoms with van der Waals surface area (Å²) in [7, 11) is 1.65. The molecular weight excluding hydrogens is 226 g/mol. The van der Waals surface area contributed by atoms with E-state index in [4.69, 9.17) is 5.73 Å². The lowest BCUT2D eigenvalue weighted by Gasteiger charge is -2.18. The molecule has 4 N–H and O–H groups in total. The zero-order chi connectivity index (χ0) is 13.9. The van der Waals surface area contributed by atoms with Gasteiger partial charge in [-0.25, -0.2) is 5.43 Å². The molecule has 18 heavy (non-hydrogen) atoms. The van der Waals surface area contributed by atoms with Crippen LogP contribution in [0, 0.1) is 27.7 Å². The standard InChI is InChI=1S/C14H23N3O/c1-8-6-9(2)11(4)12(10(8)3)7-13(15)14(18)17-16-5/h6,13,16H,7,15H2,1-5H3,(H,17,18). The van der Waals surface area contributed by atoms with Gasteiger partial charge in [0.05, 0.1) is 6.04 Å². The van der Waals surface area contributed by atoms with E-state index < -0.39 is 6.04 Å². The van der Waals surface area contributed by atoms with Crippen LogP contribution < -0.4 is 16.6 Å². The average Bonchev–Trinajstić information content (AvgIpc) is 2.32. The molecule has 0 bridgehead atoms. The molecule has 0 radical (unpaired) electrons. The highest BCUT2D eigenvalue weighted by Crippen LogP contribution is 2.22. The van der Waals surface area contributed by atoms with Crippen LogP contribution in [-0.4, -0.2) is 19.0 Å². The van der Waals surface area contributed by atoms with Gasteiger partial charge in [0.1, 0.15) is 0 Å². The molecule has 4 nitrogen and oxygen atoms in total. The number of amides is 1. The zero-order valence-corrected chi connectivity index (χ0v) is 11.8. The highest BCUT2D eigenvalue weighted by atomic mass is 16.2. The topological polar surface area (TPSA) is 67.1 Å². The van der Waals surface area contributed by atoms with Crippen molar-refractivity contribution in [2.24, 2.45) is 5.73 Å². The van der Waals surface area contributed by atoms with Gasteiger partial charge in [0.2, 0.25) is 0 Å². The van der Waals surface area contributed by atoms with Gasteiger partial charge in [-0.05, 0) is 61.9 Å². The van der Waals surface area contributed by atoms with Gasteiger partial charge in [-0.2, -0.15) is 0 Å². The predicted molar refractivity (Wildman–Crippen MR) is 74.3 cm³/mol. The maximum absolute atomic E-state index is 11.6. The van der Waals surface area contributed by atoms with Crippen LogP contribution in [0.4, 0.5) is 0 Å². The van der Waals surface area contributed by atoms with Crippen molar-refractivity contribution >= 4 is 5.91 Å². The van der Waals surface area contributed by atoms with Gasteiger partial charge >= 0.3 is 0 Å². The van der Waals surface area contributed by atoms with E-state index >= 15 is 0 Å². The second kappa shape index (κ2) is 5.98. The summed E-state index contributed by atoms with van der Waals surface area (Å²) in [6, 6.07) is 1.64. The summed E-state index contributed by atoms with van der Waals surface area (Å²) in [4.78, 5) is 11.6. The fourth-order valence-corrected chi connectivity index (χ4v) is 2.13. The first-order valence-electron chi connectivity index (χ1n) is 6.17. The molecular formula is C14H23N3O. The van der Waals surface area contributed by atoms with E-state index in [1.54, 1.807) is 7.05 Å². The average molecular weight is 249 g/mol. The fourth-order valence-electron chi connectivity index (χ4n) is 2.13. The Balaban J connectivity index is 3.00. The van der Waals surface area contributed by atoms with Crippen LogP contribution in [0.15, 0.2) is 6.07 Å². The van der Waals surface area contributed by atoms with Crippen molar-refractivity contribution in [3.05, 3.63) is 33.9 Å². The number of carbonyl (C=O) groups excluding carboxylic acids is 1. The Morgan fingerprint density at radius 1 is 1.22 bits per heavy atom. The molecule has 0 spiro atoms. The van der Waals surface area contributed by atoms with Gasteiger partial charge in [-0.1, -0.05) is 6.07 Å². The number of nitrogens with one attached hydrogen (secondary N) is 2. The molecule has 1 amide bonds. The Labute approximate surface area is 109 Å². The molecule has 1 aromatic rings. The lowest BCUT2D eigenvalue weighted by Crippen LogP contribution is -2.46. The van der Waals surface area contributed by atoms with Gasteiger partial charge in [0.15, 0.2) is 0 Å². The molecule has 0 saturated heterocycles. The molecule has 0 saturated carbocycles. The lowest BCUT2D eigenvalue weighted by molar-refractivity contribution is -0.123. The molecule has 1 rings (SSSR count). The van der Waals surface area contributed by atoms with Crippen LogP contribution in [-0.2, 0) is 11.2 Å². The van der Waals surface area contributed by atoms with E-state index in [2.05, 4.69) is 44.6 Å². The van der Waals surface area contributed by atoms with E-state index in [1.165, 1.54) is 27.8 Å². The minimum absolute atomic E-state index is 0.185. The second-order valence-corrected chi connectivity index (χ2v) is 4.79. The summed E-state index contributed by atoms with van der Waals surface area (Å²) in [5.74, 6) is -0.185. The normalized spacial score (nSPS) is 12.3. The van der Waals surface area contributed by atoms with Crippen LogP contribution in [0.2, 0.25) is 0 Å². The third-order valence-electron chi connectivity index (χ3n) is 3.53. The maximum atomic E-state index is 11.6. The third kappa shape index (κ3) is 3.09. The minimum atomic E-state index is -0.531. The molecule has 0 aliphatic heterocycles. The fraction of sp³-hybridized carbons (Fsp3) is 0.500. The van der Waals surface area contributed by atoms with Crippen molar-refractivity contribution in [2.45, 2.75) is 40.2 Å². The van der Waals surface area contributed by atoms with Gasteiger partial charge in [-0.15, -0.1) is 0 Å². The summed E-state index contributed by atoms with van der Waals surface area (Å²) in [5.41, 5.74) is 17.2. The zero-order valence-electron chi connectivity index (χ0n) is 11.8. The molecule has 0 aliphatic rings. The molecule has 0 aliphatic carbocycles. The van der Waals surface area contributed by atoms with Crippen molar-refractivity contribution in [1.29, 1.82) is 0 Å². The largest absolute Gasteiger partial charge is 0.320 e. The Morgan fingerprint density at radius 3 is 2.17 bits per heavy atom. The Morgan fingerprint density at radius 2 is 1.72 bits per heavy atom. The van der Waals surface area contributed by atoms with Crippen molar-refractivity contribution in [3.8, 4) is 0 Å². The Kier molecular flexibility index (Phi) is 4.87. The third-order valence-corrected chi connectivity index (χ3v) is 3.53. The molecule has 100 valence electrons. The van der Waals surface area contributed by atoms with Crippen molar-refractivity contribution in [3.63, 3.8) is 0 Å². The van der Waals surface area contributed by atoms with Crippen molar-refractivity contribution in [2.75, 3.05) is 7.05 Å². The molecule has 0 fully saturated rings. The highest BCUT2D eigenvalue weighted by Gasteiger charge is 2.17. The van der Waals surface area contributed by atoms with Crippen molar-refractivity contribution in [1.82, 2.24) is 10.9 Å². The molecule has 4 heteroatoms. The van der Waals surface area contributed by atoms with Crippen LogP contribution in [0.25, 0.3) is 0 Å². The monoisotopic (exact) mass is 249 g/mol. The number of hydrogen-bond donors (Lipinski definition) is 3. The highest BCUT2D eigenvalue weighted by molar-refractivity contribution is 5.81. The smallest absolute Gasteiger partial charge is 0.251 e. The summed E-state index contributed by atoms with van der Waals surface area (Å²) in [5, 5.41) is 0. The number of nitrogens with two attached hydrogens (primary N) is 1. The van der Waals surface area contributed by atoms with E-state index in [-0.39, 0.29) is 5.91 Å². The Hall–Kier alpha value is -1.39. The van der Waals surface area contributed by atoms with Crippen LogP contribution in [0.1, 0.15) is 27.8 Å². The number of benzene rings is 1. The summed E-state index contributed by atoms with van der Waals surface area (Å²) in [6.45, 7) is 8.34. The minimum Gasteiger partial charge on any atom is -0.320 e. The van der Waals surface area contributed by atoms with Gasteiger partial charge < -0.3 is 5.73 Å². The molecule has 0 heterocycles. The number of hydrogen-bond acceptors (Lipinski definition) is 3. The van der Waals surface area contributed by atoms with Crippen LogP contribution in [0.5, 0.6) is 0 Å². The van der Waals surface area contributed by atoms with E-state index in [1.807, 2.05) is 0 Å². The van der Waals surface area contributed by atoms with Crippen LogP contribution in [0.3, 0.4) is 0 Å². The second-order valence-electron chi connectivity index (χ2n) is 4.79. The number of aryl methyl sites for hydroxylation is 2. The first-order chi connectivity index (χ1) is 8.38. The predicted octanol–water partition coefficient (Wildman–Crippen LogP) is 1.04. The van der Waals surface area contributed by atoms with E-state index in [0.29, 0.717) is 6.42 Å². The number of carbonyl (C=O) groups is 1. The summed E-state index contributed by atoms with van der Waals surface area (Å²) < 4.78 is 0. The molecule has 0 aromatic heterocycles. The number of hydrazine groups is 1. The SMILES string of the molecule is CNNC(=O)C(N)Cc1c(C)c(C)cc(C)c1C. The van der Waals surface area contributed by atoms with Crippen molar-refractivity contribution < 1.29 is 4.79 Å². The molecule has 1 atom stereocenters. The quantitative estimate of drug-likeness (QED) is 0.699. The van der Waals surface area contributed by atoms with E-state index in [0.717, 1.165) is 0 Å². The Bertz CT molecular complexity index is 429. The van der Waals surface area contributed by atoms with Gasteiger partial charge in [-0.3, -0.25) is 10.2 Å². The summed E-state index contributed by atoms with van der Waals surface area (Å²) in [6.07, 6.45) is 0.563. The van der Waals surface area contributed by atoms with E-state index in [9.17, 15) is 4.79 Å². The molecule has 1 unspecified atom stereocenters.